The maximum absolute atomic E-state index is 12.8. The molecular formula is C18H17BrN2O4S. The van der Waals surface area contributed by atoms with Gasteiger partial charge in [0.2, 0.25) is 5.76 Å². The van der Waals surface area contributed by atoms with Crippen molar-refractivity contribution in [1.29, 1.82) is 0 Å². The molecule has 2 heterocycles. The Labute approximate surface area is 162 Å². The second-order valence-electron chi connectivity index (χ2n) is 5.56. The van der Waals surface area contributed by atoms with Crippen molar-refractivity contribution in [2.24, 2.45) is 0 Å². The monoisotopic (exact) mass is 436 g/mol. The quantitative estimate of drug-likeness (QED) is 0.326. The number of thioether (sulfide) groups is 1. The molecule has 136 valence electrons. The van der Waals surface area contributed by atoms with E-state index >= 15 is 0 Å². The Morgan fingerprint density at radius 3 is 2.88 bits per heavy atom. The highest BCUT2D eigenvalue weighted by Crippen LogP contribution is 2.24. The van der Waals surface area contributed by atoms with Crippen molar-refractivity contribution in [3.05, 3.63) is 56.7 Å². The molecule has 0 aliphatic rings. The van der Waals surface area contributed by atoms with Crippen LogP contribution in [-0.4, -0.2) is 22.6 Å². The van der Waals surface area contributed by atoms with Crippen LogP contribution in [0.15, 0.2) is 49.2 Å². The lowest BCUT2D eigenvalue weighted by Gasteiger charge is -2.12. The van der Waals surface area contributed by atoms with Crippen LogP contribution in [0.2, 0.25) is 0 Å². The van der Waals surface area contributed by atoms with Gasteiger partial charge in [0, 0.05) is 11.0 Å². The fraction of sp³-hybridized carbons (Fsp3) is 0.278. The summed E-state index contributed by atoms with van der Waals surface area (Å²) in [5, 5.41) is 1.21. The molecule has 0 saturated carbocycles. The fourth-order valence-electron chi connectivity index (χ4n) is 2.51. The molecule has 3 aromatic rings. The van der Waals surface area contributed by atoms with Gasteiger partial charge in [-0.1, -0.05) is 34.6 Å². The molecule has 0 atom stereocenters. The maximum Gasteiger partial charge on any atom is 0.373 e. The van der Waals surface area contributed by atoms with E-state index in [4.69, 9.17) is 4.42 Å². The summed E-state index contributed by atoms with van der Waals surface area (Å²) in [4.78, 5) is 29.0. The first-order valence-electron chi connectivity index (χ1n) is 8.03. The van der Waals surface area contributed by atoms with Gasteiger partial charge in [0.25, 0.3) is 5.56 Å². The number of hydrogen-bond acceptors (Lipinski definition) is 6. The van der Waals surface area contributed by atoms with Gasteiger partial charge in [0.05, 0.1) is 23.8 Å². The second-order valence-corrected chi connectivity index (χ2v) is 7.42. The summed E-state index contributed by atoms with van der Waals surface area (Å²) in [6, 6.07) is 8.78. The van der Waals surface area contributed by atoms with Gasteiger partial charge in [-0.15, -0.1) is 0 Å². The third kappa shape index (κ3) is 3.86. The number of halogens is 1. The van der Waals surface area contributed by atoms with Gasteiger partial charge >= 0.3 is 5.97 Å². The lowest BCUT2D eigenvalue weighted by molar-refractivity contribution is 0.0563. The Morgan fingerprint density at radius 1 is 1.35 bits per heavy atom. The number of ether oxygens (including phenoxy) is 1. The Kier molecular flexibility index (Phi) is 5.83. The minimum Gasteiger partial charge on any atom is -0.463 e. The summed E-state index contributed by atoms with van der Waals surface area (Å²) in [5.74, 6) is 0.711. The Bertz CT molecular complexity index is 1010. The van der Waals surface area contributed by atoms with E-state index in [-0.39, 0.29) is 11.3 Å². The predicted octanol–water partition coefficient (Wildman–Crippen LogP) is 4.24. The smallest absolute Gasteiger partial charge is 0.373 e. The fourth-order valence-corrected chi connectivity index (χ4v) is 3.79. The van der Waals surface area contributed by atoms with Crippen LogP contribution in [0.3, 0.4) is 0 Å². The molecule has 8 heteroatoms. The molecule has 6 nitrogen and oxygen atoms in total. The van der Waals surface area contributed by atoms with Crippen molar-refractivity contribution >= 4 is 44.6 Å². The highest BCUT2D eigenvalue weighted by molar-refractivity contribution is 9.10. The first-order valence-corrected chi connectivity index (χ1v) is 9.81. The zero-order valence-electron chi connectivity index (χ0n) is 14.3. The average molecular weight is 437 g/mol. The van der Waals surface area contributed by atoms with E-state index in [1.807, 2.05) is 19.1 Å². The average Bonchev–Trinajstić information content (AvgIpc) is 3.11. The lowest BCUT2D eigenvalue weighted by atomic mass is 10.2. The van der Waals surface area contributed by atoms with E-state index in [1.165, 1.54) is 18.9 Å². The largest absolute Gasteiger partial charge is 0.463 e. The molecule has 0 radical (unpaired) electrons. The van der Waals surface area contributed by atoms with Crippen LogP contribution in [0.5, 0.6) is 0 Å². The van der Waals surface area contributed by atoms with Crippen LogP contribution in [0.1, 0.15) is 29.7 Å². The molecule has 26 heavy (non-hydrogen) atoms. The van der Waals surface area contributed by atoms with Crippen LogP contribution in [0.4, 0.5) is 0 Å². The van der Waals surface area contributed by atoms with Crippen molar-refractivity contribution in [3.63, 3.8) is 0 Å². The van der Waals surface area contributed by atoms with Gasteiger partial charge < -0.3 is 9.15 Å². The van der Waals surface area contributed by atoms with Gasteiger partial charge in [0.1, 0.15) is 5.76 Å². The molecule has 0 aliphatic heterocycles. The van der Waals surface area contributed by atoms with Gasteiger partial charge in [-0.3, -0.25) is 9.36 Å². The lowest BCUT2D eigenvalue weighted by Crippen LogP contribution is -2.23. The summed E-state index contributed by atoms with van der Waals surface area (Å²) in [5.41, 5.74) is 0.595. The molecule has 0 amide bonds. The second kappa shape index (κ2) is 8.09. The number of hydrogen-bond donors (Lipinski definition) is 0. The summed E-state index contributed by atoms with van der Waals surface area (Å²) >= 11 is 4.80. The number of benzene rings is 1. The highest BCUT2D eigenvalue weighted by atomic mass is 79.9. The molecule has 0 aliphatic carbocycles. The number of aromatic nitrogens is 2. The number of carbonyl (C=O) groups is 1. The normalized spacial score (nSPS) is 11.0. The zero-order chi connectivity index (χ0) is 18.7. The maximum atomic E-state index is 12.8. The van der Waals surface area contributed by atoms with Crippen LogP contribution in [0.25, 0.3) is 10.9 Å². The first-order chi connectivity index (χ1) is 12.5. The van der Waals surface area contributed by atoms with Crippen LogP contribution >= 0.6 is 27.7 Å². The van der Waals surface area contributed by atoms with Crippen molar-refractivity contribution in [1.82, 2.24) is 9.55 Å². The van der Waals surface area contributed by atoms with Crippen molar-refractivity contribution in [3.8, 4) is 0 Å². The molecule has 0 spiro atoms. The summed E-state index contributed by atoms with van der Waals surface area (Å²) in [7, 11) is 1.31. The number of fused-ring (bicyclic) bond motifs is 1. The minimum absolute atomic E-state index is 0.0599. The third-order valence-electron chi connectivity index (χ3n) is 3.72. The molecule has 3 rings (SSSR count). The van der Waals surface area contributed by atoms with Gasteiger partial charge in [-0.05, 0) is 36.8 Å². The van der Waals surface area contributed by atoms with Crippen LogP contribution in [-0.2, 0) is 17.0 Å². The van der Waals surface area contributed by atoms with Crippen LogP contribution in [0, 0.1) is 0 Å². The highest BCUT2D eigenvalue weighted by Gasteiger charge is 2.14. The molecule has 0 bridgehead atoms. The predicted molar refractivity (Wildman–Crippen MR) is 104 cm³/mol. The van der Waals surface area contributed by atoms with Gasteiger partial charge in [-0.2, -0.15) is 0 Å². The number of methoxy groups -OCH3 is 1. The van der Waals surface area contributed by atoms with Crippen molar-refractivity contribution in [2.45, 2.75) is 30.8 Å². The van der Waals surface area contributed by atoms with Gasteiger partial charge in [0.15, 0.2) is 5.16 Å². The summed E-state index contributed by atoms with van der Waals surface area (Å²) in [6.45, 7) is 2.60. The first kappa shape index (κ1) is 18.7. The number of rotatable bonds is 6. The SMILES string of the molecule is CCCn1c(SCc2ccc(C(=O)OC)o2)nc2ccc(Br)cc2c1=O. The van der Waals surface area contributed by atoms with E-state index in [0.717, 1.165) is 10.9 Å². The molecule has 0 unspecified atom stereocenters. The minimum atomic E-state index is -0.515. The van der Waals surface area contributed by atoms with Crippen LogP contribution < -0.4 is 5.56 Å². The Morgan fingerprint density at radius 2 is 2.15 bits per heavy atom. The summed E-state index contributed by atoms with van der Waals surface area (Å²) < 4.78 is 12.6. The molecule has 0 N–H and O–H groups in total. The zero-order valence-corrected chi connectivity index (χ0v) is 16.7. The third-order valence-corrected chi connectivity index (χ3v) is 5.21. The Hall–Kier alpha value is -2.06. The van der Waals surface area contributed by atoms with Crippen molar-refractivity contribution in [2.75, 3.05) is 7.11 Å². The molecule has 0 fully saturated rings. The topological polar surface area (TPSA) is 74.3 Å². The van der Waals surface area contributed by atoms with E-state index in [9.17, 15) is 9.59 Å². The van der Waals surface area contributed by atoms with E-state index < -0.39 is 5.97 Å². The molecular weight excluding hydrogens is 420 g/mol. The molecule has 2 aromatic heterocycles. The number of nitrogens with zero attached hydrogens (tertiary/aromatic N) is 2. The van der Waals surface area contributed by atoms with Crippen molar-refractivity contribution < 1.29 is 13.9 Å². The number of furan rings is 1. The van der Waals surface area contributed by atoms with E-state index in [0.29, 0.717) is 34.1 Å². The molecule has 0 saturated heterocycles. The standard InChI is InChI=1S/C18H17BrN2O4S/c1-3-8-21-16(22)13-9-11(19)4-6-14(13)20-18(21)26-10-12-5-7-15(25-12)17(23)24-2/h4-7,9H,3,8,10H2,1-2H3. The Balaban J connectivity index is 1.92. The molecule has 1 aromatic carbocycles. The van der Waals surface area contributed by atoms with Gasteiger partial charge in [-0.25, -0.2) is 9.78 Å². The van der Waals surface area contributed by atoms with E-state index in [1.54, 1.807) is 22.8 Å². The van der Waals surface area contributed by atoms with E-state index in [2.05, 4.69) is 25.7 Å². The summed E-state index contributed by atoms with van der Waals surface area (Å²) in [6.07, 6.45) is 0.821. The number of esters is 1. The number of carbonyl (C=O) groups excluding carboxylic acids is 1.